The smallest absolute Gasteiger partial charge is 0.339 e. The quantitative estimate of drug-likeness (QED) is 0.580. The summed E-state index contributed by atoms with van der Waals surface area (Å²) < 4.78 is 6.38. The van der Waals surface area contributed by atoms with E-state index in [1.807, 2.05) is 12.1 Å². The van der Waals surface area contributed by atoms with Gasteiger partial charge in [0.05, 0.1) is 12.7 Å². The van der Waals surface area contributed by atoms with Crippen molar-refractivity contribution in [3.63, 3.8) is 0 Å². The lowest BCUT2D eigenvalue weighted by Crippen LogP contribution is -2.02. The monoisotopic (exact) mass is 340 g/mol. The molecular weight excluding hydrogens is 335 g/mol. The maximum atomic E-state index is 11.1. The van der Waals surface area contributed by atoms with Gasteiger partial charge in [-0.05, 0) is 50.7 Å². The summed E-state index contributed by atoms with van der Waals surface area (Å²) in [4.78, 5) is 11.1. The highest BCUT2D eigenvalue weighted by atomic mass is 127. The van der Waals surface area contributed by atoms with Crippen molar-refractivity contribution in [1.29, 1.82) is 0 Å². The van der Waals surface area contributed by atoms with E-state index >= 15 is 0 Å². The average Bonchev–Trinajstić information content (AvgIpc) is 2.08. The Labute approximate surface area is 92.6 Å². The molecule has 0 fully saturated rings. The highest BCUT2D eigenvalue weighted by Crippen LogP contribution is 2.23. The maximum Gasteiger partial charge on any atom is 0.339 e. The number of carbonyl (C=O) groups excluding carboxylic acids is 1. The van der Waals surface area contributed by atoms with E-state index in [9.17, 15) is 4.79 Å². The van der Waals surface area contributed by atoms with E-state index in [0.717, 1.165) is 8.04 Å². The Balaban J connectivity index is 3.16. The fourth-order valence-corrected chi connectivity index (χ4v) is 1.70. The number of esters is 1. The van der Waals surface area contributed by atoms with E-state index < -0.39 is 0 Å². The van der Waals surface area contributed by atoms with Crippen molar-refractivity contribution in [3.8, 4) is 0 Å². The van der Waals surface area contributed by atoms with Gasteiger partial charge in [-0.3, -0.25) is 0 Å². The van der Waals surface area contributed by atoms with Gasteiger partial charge in [0.1, 0.15) is 0 Å². The van der Waals surface area contributed by atoms with E-state index in [1.165, 1.54) is 7.11 Å². The second-order valence-corrected chi connectivity index (χ2v) is 4.05. The molecule has 2 nitrogen and oxygen atoms in total. The molecule has 64 valence electrons. The molecule has 0 bridgehead atoms. The van der Waals surface area contributed by atoms with Gasteiger partial charge in [0.15, 0.2) is 0 Å². The molecule has 0 spiro atoms. The molecule has 0 saturated carbocycles. The molecule has 0 aliphatic rings. The summed E-state index contributed by atoms with van der Waals surface area (Å²) in [7, 11) is 1.37. The number of benzene rings is 1. The van der Waals surface area contributed by atoms with Crippen LogP contribution in [0.2, 0.25) is 0 Å². The lowest BCUT2D eigenvalue weighted by molar-refractivity contribution is 0.0599. The number of hydrogen-bond donors (Lipinski definition) is 0. The molecule has 0 radical (unpaired) electrons. The zero-order valence-electron chi connectivity index (χ0n) is 6.30. The van der Waals surface area contributed by atoms with Gasteiger partial charge in [-0.2, -0.15) is 0 Å². The van der Waals surface area contributed by atoms with Gasteiger partial charge in [0.2, 0.25) is 0 Å². The number of carbonyl (C=O) groups is 1. The molecule has 0 unspecified atom stereocenters. The van der Waals surface area contributed by atoms with Crippen LogP contribution in [-0.4, -0.2) is 13.1 Å². The van der Waals surface area contributed by atoms with Crippen molar-refractivity contribution in [1.82, 2.24) is 0 Å². The second-order valence-electron chi connectivity index (χ2n) is 2.09. The Morgan fingerprint density at radius 1 is 1.58 bits per heavy atom. The first-order valence-corrected chi connectivity index (χ1v) is 5.06. The van der Waals surface area contributed by atoms with E-state index in [1.54, 1.807) is 6.07 Å². The van der Waals surface area contributed by atoms with Gasteiger partial charge in [-0.25, -0.2) is 4.79 Å². The van der Waals surface area contributed by atoms with E-state index in [4.69, 9.17) is 0 Å². The molecule has 4 heteroatoms. The molecule has 0 amide bonds. The van der Waals surface area contributed by atoms with Crippen LogP contribution in [0.15, 0.2) is 22.7 Å². The lowest BCUT2D eigenvalue weighted by Gasteiger charge is -2.02. The number of methoxy groups -OCH3 is 1. The van der Waals surface area contributed by atoms with Crippen LogP contribution in [0, 0.1) is 3.57 Å². The van der Waals surface area contributed by atoms with Crippen LogP contribution in [0.5, 0.6) is 0 Å². The first-order valence-electron chi connectivity index (χ1n) is 3.19. The molecular formula is C8H6BrIO2. The van der Waals surface area contributed by atoms with Crippen molar-refractivity contribution in [2.45, 2.75) is 0 Å². The van der Waals surface area contributed by atoms with Crippen molar-refractivity contribution >= 4 is 44.5 Å². The van der Waals surface area contributed by atoms with Crippen LogP contribution in [0.1, 0.15) is 10.4 Å². The van der Waals surface area contributed by atoms with Crippen LogP contribution in [0.25, 0.3) is 0 Å². The molecule has 0 N–H and O–H groups in total. The summed E-state index contributed by atoms with van der Waals surface area (Å²) in [5.74, 6) is -0.319. The van der Waals surface area contributed by atoms with Crippen molar-refractivity contribution < 1.29 is 9.53 Å². The van der Waals surface area contributed by atoms with Crippen LogP contribution < -0.4 is 0 Å². The lowest BCUT2D eigenvalue weighted by atomic mass is 10.2. The molecule has 0 aromatic heterocycles. The first kappa shape index (κ1) is 9.98. The van der Waals surface area contributed by atoms with E-state index in [2.05, 4.69) is 43.3 Å². The molecule has 1 aromatic carbocycles. The Bertz CT molecular complexity index is 312. The molecule has 0 aliphatic carbocycles. The molecule has 0 atom stereocenters. The Kier molecular flexibility index (Phi) is 3.52. The third kappa shape index (κ3) is 1.98. The van der Waals surface area contributed by atoms with Gasteiger partial charge in [0, 0.05) is 8.04 Å². The molecule has 12 heavy (non-hydrogen) atoms. The largest absolute Gasteiger partial charge is 0.465 e. The minimum atomic E-state index is -0.319. The SMILES string of the molecule is COC(=O)c1cccc(I)c1Br. The average molecular weight is 341 g/mol. The predicted molar refractivity (Wildman–Crippen MR) is 58.2 cm³/mol. The minimum absolute atomic E-state index is 0.319. The third-order valence-electron chi connectivity index (χ3n) is 1.36. The zero-order valence-corrected chi connectivity index (χ0v) is 10.0. The summed E-state index contributed by atoms with van der Waals surface area (Å²) in [6.07, 6.45) is 0. The molecule has 1 rings (SSSR count). The van der Waals surface area contributed by atoms with Crippen LogP contribution in [0.4, 0.5) is 0 Å². The molecule has 0 aliphatic heterocycles. The van der Waals surface area contributed by atoms with Gasteiger partial charge >= 0.3 is 5.97 Å². The summed E-state index contributed by atoms with van der Waals surface area (Å²) >= 11 is 5.46. The van der Waals surface area contributed by atoms with Gasteiger partial charge in [-0.15, -0.1) is 0 Å². The maximum absolute atomic E-state index is 11.1. The Morgan fingerprint density at radius 2 is 2.25 bits per heavy atom. The molecule has 0 saturated heterocycles. The fourth-order valence-electron chi connectivity index (χ4n) is 0.771. The highest BCUT2D eigenvalue weighted by molar-refractivity contribution is 14.1. The number of rotatable bonds is 1. The summed E-state index contributed by atoms with van der Waals surface area (Å²) in [6, 6.07) is 5.45. The minimum Gasteiger partial charge on any atom is -0.465 e. The van der Waals surface area contributed by atoms with Crippen molar-refractivity contribution in [3.05, 3.63) is 31.8 Å². The number of ether oxygens (including phenoxy) is 1. The summed E-state index contributed by atoms with van der Waals surface area (Å²) in [5, 5.41) is 0. The van der Waals surface area contributed by atoms with Crippen molar-refractivity contribution in [2.24, 2.45) is 0 Å². The second kappa shape index (κ2) is 4.23. The first-order chi connectivity index (χ1) is 5.66. The van der Waals surface area contributed by atoms with Gasteiger partial charge < -0.3 is 4.74 Å². The van der Waals surface area contributed by atoms with Crippen LogP contribution >= 0.6 is 38.5 Å². The van der Waals surface area contributed by atoms with Gasteiger partial charge in [-0.1, -0.05) is 6.07 Å². The highest BCUT2D eigenvalue weighted by Gasteiger charge is 2.10. The van der Waals surface area contributed by atoms with Crippen molar-refractivity contribution in [2.75, 3.05) is 7.11 Å². The number of hydrogen-bond acceptors (Lipinski definition) is 2. The predicted octanol–water partition coefficient (Wildman–Crippen LogP) is 2.84. The van der Waals surface area contributed by atoms with E-state index in [-0.39, 0.29) is 5.97 Å². The fraction of sp³-hybridized carbons (Fsp3) is 0.125. The summed E-state index contributed by atoms with van der Waals surface area (Å²) in [6.45, 7) is 0. The number of halogens is 2. The zero-order chi connectivity index (χ0) is 9.14. The normalized spacial score (nSPS) is 9.58. The topological polar surface area (TPSA) is 26.3 Å². The standard InChI is InChI=1S/C8H6BrIO2/c1-12-8(11)5-3-2-4-6(10)7(5)9/h2-4H,1H3. The third-order valence-corrected chi connectivity index (χ3v) is 3.85. The Hall–Kier alpha value is -0.100. The Morgan fingerprint density at radius 3 is 2.83 bits per heavy atom. The molecule has 1 aromatic rings. The van der Waals surface area contributed by atoms with E-state index in [0.29, 0.717) is 5.56 Å². The van der Waals surface area contributed by atoms with Crippen LogP contribution in [-0.2, 0) is 4.74 Å². The van der Waals surface area contributed by atoms with Gasteiger partial charge in [0.25, 0.3) is 0 Å². The van der Waals surface area contributed by atoms with Crippen LogP contribution in [0.3, 0.4) is 0 Å². The molecule has 0 heterocycles. The summed E-state index contributed by atoms with van der Waals surface area (Å²) in [5.41, 5.74) is 0.560.